The Kier molecular flexibility index (Phi) is 5.53. The minimum atomic E-state index is -0.865. The lowest BCUT2D eigenvalue weighted by atomic mass is 9.95. The largest absolute Gasteiger partial charge is 0.493 e. The predicted molar refractivity (Wildman–Crippen MR) is 103 cm³/mol. The van der Waals surface area contributed by atoms with Gasteiger partial charge in [-0.3, -0.25) is 9.59 Å². The van der Waals surface area contributed by atoms with Gasteiger partial charge in [0.25, 0.3) is 0 Å². The average molecular weight is 387 g/mol. The van der Waals surface area contributed by atoms with Gasteiger partial charge in [-0.25, -0.2) is 4.39 Å². The third-order valence-electron chi connectivity index (χ3n) is 4.87. The molecule has 7 heteroatoms. The van der Waals surface area contributed by atoms with E-state index in [1.165, 1.54) is 34.3 Å². The molecule has 6 nitrogen and oxygen atoms in total. The molecule has 28 heavy (non-hydrogen) atoms. The summed E-state index contributed by atoms with van der Waals surface area (Å²) in [6.45, 7) is 1.41. The van der Waals surface area contributed by atoms with Crippen molar-refractivity contribution in [2.24, 2.45) is 0 Å². The van der Waals surface area contributed by atoms with Gasteiger partial charge >= 0.3 is 0 Å². The second-order valence-electron chi connectivity index (χ2n) is 6.53. The van der Waals surface area contributed by atoms with Crippen molar-refractivity contribution in [3.8, 4) is 28.4 Å². The summed E-state index contributed by atoms with van der Waals surface area (Å²) in [5, 5.41) is 2.86. The van der Waals surface area contributed by atoms with Crippen molar-refractivity contribution in [2.45, 2.75) is 25.8 Å². The van der Waals surface area contributed by atoms with E-state index in [1.54, 1.807) is 6.07 Å². The maximum Gasteiger partial charge on any atom is 0.217 e. The molecule has 0 aromatic heterocycles. The predicted octanol–water partition coefficient (Wildman–Crippen LogP) is 3.00. The number of rotatable bonds is 4. The highest BCUT2D eigenvalue weighted by Crippen LogP contribution is 2.50. The van der Waals surface area contributed by atoms with Crippen LogP contribution >= 0.6 is 0 Å². The summed E-state index contributed by atoms with van der Waals surface area (Å²) in [6, 6.07) is 5.33. The van der Waals surface area contributed by atoms with Gasteiger partial charge in [-0.2, -0.15) is 0 Å². The second kappa shape index (κ2) is 7.88. The molecule has 1 aliphatic carbocycles. The van der Waals surface area contributed by atoms with Crippen molar-refractivity contribution in [3.63, 3.8) is 0 Å². The fourth-order valence-electron chi connectivity index (χ4n) is 3.69. The van der Waals surface area contributed by atoms with Crippen molar-refractivity contribution >= 4 is 5.91 Å². The van der Waals surface area contributed by atoms with Crippen LogP contribution in [0.1, 0.15) is 30.5 Å². The van der Waals surface area contributed by atoms with Crippen molar-refractivity contribution < 1.29 is 23.4 Å². The molecule has 0 spiro atoms. The fourth-order valence-corrected chi connectivity index (χ4v) is 3.69. The molecular weight excluding hydrogens is 365 g/mol. The molecule has 1 N–H and O–H groups in total. The lowest BCUT2D eigenvalue weighted by Crippen LogP contribution is -2.26. The molecule has 0 bridgehead atoms. The zero-order valence-electron chi connectivity index (χ0n) is 16.2. The summed E-state index contributed by atoms with van der Waals surface area (Å²) in [5.41, 5.74) is 1.98. The van der Waals surface area contributed by atoms with E-state index in [0.29, 0.717) is 46.8 Å². The first-order valence-corrected chi connectivity index (χ1v) is 8.84. The molecule has 1 atom stereocenters. The van der Waals surface area contributed by atoms with Gasteiger partial charge < -0.3 is 19.5 Å². The molecule has 1 amide bonds. The van der Waals surface area contributed by atoms with Gasteiger partial charge in [0, 0.05) is 12.5 Å². The first-order chi connectivity index (χ1) is 13.4. The van der Waals surface area contributed by atoms with Gasteiger partial charge in [-0.05, 0) is 47.7 Å². The van der Waals surface area contributed by atoms with Crippen molar-refractivity contribution in [1.29, 1.82) is 0 Å². The Hall–Kier alpha value is -3.09. The molecule has 0 heterocycles. The molecule has 148 valence electrons. The summed E-state index contributed by atoms with van der Waals surface area (Å²) >= 11 is 0. The highest BCUT2D eigenvalue weighted by Gasteiger charge is 2.29. The van der Waals surface area contributed by atoms with Gasteiger partial charge in [0.1, 0.15) is 0 Å². The van der Waals surface area contributed by atoms with Crippen LogP contribution in [0.5, 0.6) is 17.2 Å². The maximum atomic E-state index is 14.0. The van der Waals surface area contributed by atoms with Gasteiger partial charge in [-0.15, -0.1) is 0 Å². The van der Waals surface area contributed by atoms with Crippen LogP contribution in [0.15, 0.2) is 29.1 Å². The molecule has 0 aliphatic heterocycles. The number of nitrogens with one attached hydrogen (secondary N) is 1. The fraction of sp³-hybridized carbons (Fsp3) is 0.333. The van der Waals surface area contributed by atoms with Crippen molar-refractivity contribution in [2.75, 3.05) is 21.3 Å². The molecule has 2 aromatic rings. The van der Waals surface area contributed by atoms with Crippen molar-refractivity contribution in [3.05, 3.63) is 51.4 Å². The lowest BCUT2D eigenvalue weighted by Gasteiger charge is -2.19. The van der Waals surface area contributed by atoms with Crippen LogP contribution in [0.3, 0.4) is 0 Å². The molecule has 1 aliphatic rings. The van der Waals surface area contributed by atoms with E-state index in [4.69, 9.17) is 14.2 Å². The Balaban J connectivity index is 2.41. The van der Waals surface area contributed by atoms with Gasteiger partial charge in [0.2, 0.25) is 17.1 Å². The number of hydrogen-bond donors (Lipinski definition) is 1. The highest BCUT2D eigenvalue weighted by atomic mass is 19.1. The van der Waals surface area contributed by atoms with E-state index in [0.717, 1.165) is 11.6 Å². The zero-order valence-corrected chi connectivity index (χ0v) is 16.2. The summed E-state index contributed by atoms with van der Waals surface area (Å²) < 4.78 is 30.6. The maximum absolute atomic E-state index is 14.0. The smallest absolute Gasteiger partial charge is 0.217 e. The molecule has 3 rings (SSSR count). The Labute approximate surface area is 162 Å². The number of benzene rings is 1. The molecule has 0 fully saturated rings. The monoisotopic (exact) mass is 387 g/mol. The van der Waals surface area contributed by atoms with Crippen LogP contribution < -0.4 is 25.0 Å². The van der Waals surface area contributed by atoms with Gasteiger partial charge in [0.05, 0.1) is 27.4 Å². The van der Waals surface area contributed by atoms with Crippen LogP contribution in [0.25, 0.3) is 11.1 Å². The third kappa shape index (κ3) is 3.40. The van der Waals surface area contributed by atoms with E-state index < -0.39 is 17.3 Å². The number of fused-ring (bicyclic) bond motifs is 3. The quantitative estimate of drug-likeness (QED) is 0.873. The number of aryl methyl sites for hydroxylation is 1. The molecular formula is C21H22FNO5. The minimum absolute atomic E-state index is 0.233. The van der Waals surface area contributed by atoms with E-state index in [1.807, 2.05) is 6.07 Å². The lowest BCUT2D eigenvalue weighted by molar-refractivity contribution is -0.119. The summed E-state index contributed by atoms with van der Waals surface area (Å²) in [4.78, 5) is 23.9. The molecule has 0 saturated carbocycles. The Bertz CT molecular complexity index is 989. The van der Waals surface area contributed by atoms with E-state index in [-0.39, 0.29) is 5.91 Å². The highest BCUT2D eigenvalue weighted by molar-refractivity contribution is 5.83. The molecule has 0 unspecified atom stereocenters. The topological polar surface area (TPSA) is 73.9 Å². The molecule has 0 saturated heterocycles. The number of carbonyl (C=O) groups excluding carboxylic acids is 1. The van der Waals surface area contributed by atoms with Gasteiger partial charge in [0.15, 0.2) is 17.3 Å². The van der Waals surface area contributed by atoms with E-state index in [9.17, 15) is 14.0 Å². The Morgan fingerprint density at radius 1 is 1.11 bits per heavy atom. The average Bonchev–Trinajstić information content (AvgIpc) is 2.90. The minimum Gasteiger partial charge on any atom is -0.493 e. The third-order valence-corrected chi connectivity index (χ3v) is 4.87. The van der Waals surface area contributed by atoms with E-state index in [2.05, 4.69) is 5.32 Å². The van der Waals surface area contributed by atoms with Gasteiger partial charge in [-0.1, -0.05) is 6.07 Å². The van der Waals surface area contributed by atoms with Crippen LogP contribution in [-0.2, 0) is 11.2 Å². The Morgan fingerprint density at radius 2 is 1.82 bits per heavy atom. The number of ether oxygens (including phenoxy) is 3. The summed E-state index contributed by atoms with van der Waals surface area (Å²) in [5.74, 6) is 0.246. The van der Waals surface area contributed by atoms with Crippen LogP contribution in [0.4, 0.5) is 4.39 Å². The van der Waals surface area contributed by atoms with Crippen LogP contribution in [0, 0.1) is 5.82 Å². The number of amides is 1. The van der Waals surface area contributed by atoms with Crippen molar-refractivity contribution in [1.82, 2.24) is 5.32 Å². The SMILES string of the molecule is COc1cc2c(c(OC)c1OC)-c1ccc(F)c(=O)cc1[C@@H](NC(C)=O)CC2. The number of methoxy groups -OCH3 is 3. The zero-order chi connectivity index (χ0) is 20.4. The Morgan fingerprint density at radius 3 is 2.43 bits per heavy atom. The number of halogens is 1. The summed E-state index contributed by atoms with van der Waals surface area (Å²) in [6.07, 6.45) is 1.12. The van der Waals surface area contributed by atoms with Crippen LogP contribution in [0.2, 0.25) is 0 Å². The molecule has 2 aromatic carbocycles. The van der Waals surface area contributed by atoms with E-state index >= 15 is 0 Å². The first-order valence-electron chi connectivity index (χ1n) is 8.84. The second-order valence-corrected chi connectivity index (χ2v) is 6.53. The molecule has 0 radical (unpaired) electrons. The normalized spacial score (nSPS) is 15.0. The van der Waals surface area contributed by atoms with Crippen LogP contribution in [-0.4, -0.2) is 27.2 Å². The first kappa shape index (κ1) is 19.7. The number of hydrogen-bond acceptors (Lipinski definition) is 5. The standard InChI is InChI=1S/C21H22FNO5/c1-11(24)23-16-8-5-12-9-18(26-2)20(27-3)21(28-4)19(12)13-6-7-15(22)17(25)10-14(13)16/h6-7,9-10,16H,5,8H2,1-4H3,(H,23,24)/t16-/m0/s1. The number of carbonyl (C=O) groups is 1. The summed E-state index contributed by atoms with van der Waals surface area (Å²) in [7, 11) is 4.55.